The zero-order valence-corrected chi connectivity index (χ0v) is 17.1. The van der Waals surface area contributed by atoms with Gasteiger partial charge in [-0.05, 0) is 65.0 Å². The first-order chi connectivity index (χ1) is 12.5. The van der Waals surface area contributed by atoms with Gasteiger partial charge in [0.25, 0.3) is 0 Å². The molecule has 0 bridgehead atoms. The molecule has 4 rings (SSSR count). The number of allylic oxidation sites excluding steroid dienone is 1. The Morgan fingerprint density at radius 1 is 1.19 bits per heavy atom. The van der Waals surface area contributed by atoms with Crippen molar-refractivity contribution >= 4 is 45.1 Å². The van der Waals surface area contributed by atoms with E-state index >= 15 is 0 Å². The molecule has 1 saturated heterocycles. The Morgan fingerprint density at radius 3 is 2.69 bits per heavy atom. The van der Waals surface area contributed by atoms with Crippen LogP contribution in [0.3, 0.4) is 0 Å². The van der Waals surface area contributed by atoms with E-state index in [1.807, 2.05) is 37.3 Å². The lowest BCUT2D eigenvalue weighted by Crippen LogP contribution is -2.30. The minimum absolute atomic E-state index is 0.00299. The number of rotatable bonds is 2. The molecule has 0 radical (unpaired) electrons. The SMILES string of the molecule is CC1OC(=O)C2=CCC(c3ccc(Cl)cc3Cl)C(c3ccc(Br)cn3)C21. The number of esters is 1. The molecule has 1 fully saturated rings. The predicted molar refractivity (Wildman–Crippen MR) is 106 cm³/mol. The Bertz CT molecular complexity index is 897. The molecule has 134 valence electrons. The first-order valence-electron chi connectivity index (χ1n) is 8.43. The van der Waals surface area contributed by atoms with Gasteiger partial charge >= 0.3 is 5.97 Å². The molecule has 1 aliphatic heterocycles. The number of fused-ring (bicyclic) bond motifs is 1. The van der Waals surface area contributed by atoms with E-state index in [2.05, 4.69) is 20.9 Å². The van der Waals surface area contributed by atoms with Crippen molar-refractivity contribution in [2.75, 3.05) is 0 Å². The molecule has 0 amide bonds. The molecule has 1 aliphatic carbocycles. The highest BCUT2D eigenvalue weighted by atomic mass is 79.9. The van der Waals surface area contributed by atoms with E-state index in [1.54, 1.807) is 12.3 Å². The average Bonchev–Trinajstić information content (AvgIpc) is 2.90. The number of carbonyl (C=O) groups excluding carboxylic acids is 1. The van der Waals surface area contributed by atoms with Crippen LogP contribution in [0.2, 0.25) is 10.0 Å². The Hall–Kier alpha value is -1.36. The summed E-state index contributed by atoms with van der Waals surface area (Å²) in [5.74, 6) is -0.158. The summed E-state index contributed by atoms with van der Waals surface area (Å²) in [6, 6.07) is 9.58. The van der Waals surface area contributed by atoms with Gasteiger partial charge in [-0.3, -0.25) is 4.98 Å². The van der Waals surface area contributed by atoms with Gasteiger partial charge in [0.15, 0.2) is 0 Å². The number of cyclic esters (lactones) is 1. The molecule has 3 nitrogen and oxygen atoms in total. The molecule has 26 heavy (non-hydrogen) atoms. The lowest BCUT2D eigenvalue weighted by molar-refractivity contribution is -0.138. The van der Waals surface area contributed by atoms with Gasteiger partial charge in [0.05, 0.1) is 0 Å². The van der Waals surface area contributed by atoms with Gasteiger partial charge in [0.2, 0.25) is 0 Å². The number of pyridine rings is 1. The molecule has 4 atom stereocenters. The van der Waals surface area contributed by atoms with Gasteiger partial charge in [-0.2, -0.15) is 0 Å². The highest BCUT2D eigenvalue weighted by molar-refractivity contribution is 9.10. The second-order valence-electron chi connectivity index (χ2n) is 6.73. The third-order valence-corrected chi connectivity index (χ3v) is 6.29. The molecule has 2 aromatic rings. The van der Waals surface area contributed by atoms with Crippen molar-refractivity contribution in [2.24, 2.45) is 5.92 Å². The quantitative estimate of drug-likeness (QED) is 0.531. The molecule has 4 unspecified atom stereocenters. The van der Waals surface area contributed by atoms with E-state index in [9.17, 15) is 4.79 Å². The minimum Gasteiger partial charge on any atom is -0.459 e. The van der Waals surface area contributed by atoms with E-state index < -0.39 is 0 Å². The number of nitrogens with zero attached hydrogens (tertiary/aromatic N) is 1. The standard InChI is InChI=1S/C20H16BrCl2NO2/c1-10-18-15(20(25)26-10)6-5-14(13-4-3-12(22)8-16(13)23)19(18)17-7-2-11(21)9-24-17/h2-4,6-10,14,18-19H,5H2,1H3. The number of hydrogen-bond donors (Lipinski definition) is 0. The molecule has 0 N–H and O–H groups in total. The van der Waals surface area contributed by atoms with Crippen LogP contribution in [-0.2, 0) is 9.53 Å². The van der Waals surface area contributed by atoms with Gasteiger partial charge in [-0.25, -0.2) is 4.79 Å². The summed E-state index contributed by atoms with van der Waals surface area (Å²) < 4.78 is 6.44. The van der Waals surface area contributed by atoms with Crippen LogP contribution in [0.5, 0.6) is 0 Å². The van der Waals surface area contributed by atoms with Crippen LogP contribution in [0.25, 0.3) is 0 Å². The lowest BCUT2D eigenvalue weighted by Gasteiger charge is -2.36. The first-order valence-corrected chi connectivity index (χ1v) is 9.98. The normalized spacial score (nSPS) is 27.7. The Labute approximate surface area is 170 Å². The fraction of sp³-hybridized carbons (Fsp3) is 0.300. The number of ether oxygens (including phenoxy) is 1. The maximum absolute atomic E-state index is 12.2. The number of benzene rings is 1. The van der Waals surface area contributed by atoms with E-state index in [0.717, 1.165) is 21.3 Å². The molecule has 2 aliphatic rings. The van der Waals surface area contributed by atoms with Gasteiger partial charge in [0, 0.05) is 43.8 Å². The summed E-state index contributed by atoms with van der Waals surface area (Å²) in [5.41, 5.74) is 2.71. The minimum atomic E-state index is -0.217. The Morgan fingerprint density at radius 2 is 2.00 bits per heavy atom. The fourth-order valence-electron chi connectivity index (χ4n) is 4.15. The van der Waals surface area contributed by atoms with E-state index in [-0.39, 0.29) is 29.8 Å². The Kier molecular flexibility index (Phi) is 4.84. The molecule has 2 heterocycles. The van der Waals surface area contributed by atoms with Crippen LogP contribution in [0.4, 0.5) is 0 Å². The van der Waals surface area contributed by atoms with Crippen molar-refractivity contribution in [3.8, 4) is 0 Å². The molecule has 1 aromatic heterocycles. The van der Waals surface area contributed by atoms with Crippen molar-refractivity contribution in [2.45, 2.75) is 31.3 Å². The van der Waals surface area contributed by atoms with Crippen LogP contribution in [-0.4, -0.2) is 17.1 Å². The molecular formula is C20H16BrCl2NO2. The lowest BCUT2D eigenvalue weighted by atomic mass is 9.67. The fourth-order valence-corrected chi connectivity index (χ4v) is 4.94. The van der Waals surface area contributed by atoms with Crippen molar-refractivity contribution in [1.82, 2.24) is 4.98 Å². The Balaban J connectivity index is 1.85. The largest absolute Gasteiger partial charge is 0.459 e. The summed E-state index contributed by atoms with van der Waals surface area (Å²) in [7, 11) is 0. The van der Waals surface area contributed by atoms with Gasteiger partial charge in [-0.1, -0.05) is 35.3 Å². The number of hydrogen-bond acceptors (Lipinski definition) is 3. The van der Waals surface area contributed by atoms with E-state index in [1.165, 1.54) is 0 Å². The van der Waals surface area contributed by atoms with E-state index in [0.29, 0.717) is 16.5 Å². The van der Waals surface area contributed by atoms with Gasteiger partial charge in [-0.15, -0.1) is 0 Å². The second-order valence-corrected chi connectivity index (χ2v) is 8.49. The molecular weight excluding hydrogens is 437 g/mol. The summed E-state index contributed by atoms with van der Waals surface area (Å²) in [6.07, 6.45) is 4.30. The number of carbonyl (C=O) groups is 1. The van der Waals surface area contributed by atoms with Crippen molar-refractivity contribution in [3.63, 3.8) is 0 Å². The molecule has 0 saturated carbocycles. The van der Waals surface area contributed by atoms with E-state index in [4.69, 9.17) is 27.9 Å². The summed E-state index contributed by atoms with van der Waals surface area (Å²) in [4.78, 5) is 16.9. The van der Waals surface area contributed by atoms with Crippen LogP contribution >= 0.6 is 39.1 Å². The average molecular weight is 453 g/mol. The first kappa shape index (κ1) is 18.0. The summed E-state index contributed by atoms with van der Waals surface area (Å²) in [6.45, 7) is 1.95. The monoisotopic (exact) mass is 451 g/mol. The van der Waals surface area contributed by atoms with Gasteiger partial charge < -0.3 is 4.74 Å². The maximum Gasteiger partial charge on any atom is 0.334 e. The van der Waals surface area contributed by atoms with Crippen LogP contribution in [0.15, 0.2) is 52.7 Å². The summed E-state index contributed by atoms with van der Waals surface area (Å²) in [5, 5.41) is 1.25. The summed E-state index contributed by atoms with van der Waals surface area (Å²) >= 11 is 16.0. The molecule has 1 aromatic carbocycles. The third-order valence-electron chi connectivity index (χ3n) is 5.26. The zero-order valence-electron chi connectivity index (χ0n) is 14.0. The molecule has 6 heteroatoms. The highest BCUT2D eigenvalue weighted by Gasteiger charge is 2.48. The topological polar surface area (TPSA) is 39.2 Å². The number of halogens is 3. The van der Waals surface area contributed by atoms with Crippen molar-refractivity contribution < 1.29 is 9.53 Å². The van der Waals surface area contributed by atoms with Gasteiger partial charge in [0.1, 0.15) is 6.10 Å². The van der Waals surface area contributed by atoms with Crippen LogP contribution < -0.4 is 0 Å². The number of aromatic nitrogens is 1. The smallest absolute Gasteiger partial charge is 0.334 e. The predicted octanol–water partition coefficient (Wildman–Crippen LogP) is 5.91. The second kappa shape index (κ2) is 6.99. The maximum atomic E-state index is 12.2. The molecule has 0 spiro atoms. The third kappa shape index (κ3) is 3.08. The van der Waals surface area contributed by atoms with Crippen molar-refractivity contribution in [1.29, 1.82) is 0 Å². The van der Waals surface area contributed by atoms with Crippen LogP contribution in [0.1, 0.15) is 36.4 Å². The zero-order chi connectivity index (χ0) is 18.4. The van der Waals surface area contributed by atoms with Crippen LogP contribution in [0, 0.1) is 5.92 Å². The van der Waals surface area contributed by atoms with Crippen molar-refractivity contribution in [3.05, 3.63) is 74.0 Å². The highest BCUT2D eigenvalue weighted by Crippen LogP contribution is 2.52.